The number of fused-ring (bicyclic) bond motifs is 1. The lowest BCUT2D eigenvalue weighted by Gasteiger charge is -2.12. The molecule has 0 aliphatic carbocycles. The maximum atomic E-state index is 12.3. The van der Waals surface area contributed by atoms with Gasteiger partial charge in [-0.25, -0.2) is 4.98 Å². The largest absolute Gasteiger partial charge is 0.372 e. The number of nitro groups is 2. The van der Waals surface area contributed by atoms with E-state index in [9.17, 15) is 25.0 Å². The molecule has 13 heteroatoms. The van der Waals surface area contributed by atoms with Crippen molar-refractivity contribution >= 4 is 73.9 Å². The monoisotopic (exact) mass is 536 g/mol. The summed E-state index contributed by atoms with van der Waals surface area (Å²) < 4.78 is 1.54. The lowest BCUT2D eigenvalue weighted by atomic mass is 10.1. The van der Waals surface area contributed by atoms with Crippen molar-refractivity contribution in [3.8, 4) is 0 Å². The summed E-state index contributed by atoms with van der Waals surface area (Å²) in [6.45, 7) is 0. The summed E-state index contributed by atoms with van der Waals surface area (Å²) in [5.41, 5.74) is 2.48. The van der Waals surface area contributed by atoms with Crippen LogP contribution in [0.15, 0.2) is 70.0 Å². The minimum Gasteiger partial charge on any atom is -0.372 e. The van der Waals surface area contributed by atoms with Gasteiger partial charge in [0, 0.05) is 32.4 Å². The molecule has 0 saturated carbocycles. The maximum Gasteiger partial charge on any atom is 0.293 e. The van der Waals surface area contributed by atoms with Crippen molar-refractivity contribution in [2.24, 2.45) is 4.99 Å². The number of para-hydroxylation sites is 2. The summed E-state index contributed by atoms with van der Waals surface area (Å²) >= 11 is 2.63. The Morgan fingerprint density at radius 2 is 1.84 bits per heavy atom. The van der Waals surface area contributed by atoms with Crippen molar-refractivity contribution < 1.29 is 14.6 Å². The maximum absolute atomic E-state index is 12.3. The van der Waals surface area contributed by atoms with Gasteiger partial charge in [-0.3, -0.25) is 30.0 Å². The van der Waals surface area contributed by atoms with E-state index in [2.05, 4.69) is 15.3 Å². The number of nitro benzene ring substituents is 2. The number of aromatic nitrogens is 1. The third-order valence-corrected chi connectivity index (χ3v) is 7.26. The van der Waals surface area contributed by atoms with Crippen LogP contribution >= 0.6 is 23.1 Å². The molecule has 1 amide bonds. The van der Waals surface area contributed by atoms with Crippen LogP contribution in [0, 0.1) is 20.2 Å². The van der Waals surface area contributed by atoms with Crippen LogP contribution < -0.4 is 10.2 Å². The van der Waals surface area contributed by atoms with Gasteiger partial charge < -0.3 is 10.2 Å². The van der Waals surface area contributed by atoms with Gasteiger partial charge in [0.2, 0.25) is 5.91 Å². The predicted octanol–water partition coefficient (Wildman–Crippen LogP) is 5.66. The number of hydrogen-bond donors (Lipinski definition) is 1. The number of anilines is 2. The van der Waals surface area contributed by atoms with Crippen LogP contribution in [0.3, 0.4) is 0 Å². The molecular weight excluding hydrogens is 516 g/mol. The van der Waals surface area contributed by atoms with E-state index in [1.54, 1.807) is 49.5 Å². The van der Waals surface area contributed by atoms with Crippen LogP contribution in [0.1, 0.15) is 5.56 Å². The fraction of sp³-hybridized carbons (Fsp3) is 0.125. The van der Waals surface area contributed by atoms with Gasteiger partial charge in [-0.05, 0) is 35.9 Å². The van der Waals surface area contributed by atoms with Crippen molar-refractivity contribution in [1.82, 2.24) is 4.98 Å². The first-order valence-electron chi connectivity index (χ1n) is 10.8. The van der Waals surface area contributed by atoms with Crippen molar-refractivity contribution in [3.63, 3.8) is 0 Å². The Morgan fingerprint density at radius 1 is 1.08 bits per heavy atom. The molecule has 0 bridgehead atoms. The fourth-order valence-corrected chi connectivity index (χ4v) is 5.28. The Bertz CT molecular complexity index is 1540. The second-order valence-corrected chi connectivity index (χ2v) is 10.2. The van der Waals surface area contributed by atoms with Crippen LogP contribution in [0.2, 0.25) is 0 Å². The standard InChI is InChI=1S/C24H20N6O5S2/c1-28(2)20-10-7-15(11-21(20)30(34)35)13-25-16-8-9-18-22(12-16)37-24(27-18)36-14-23(31)26-17-5-3-4-6-19(17)29(32)33/h3-13H,14H2,1-2H3,(H,26,31). The van der Waals surface area contributed by atoms with E-state index in [-0.39, 0.29) is 28.7 Å². The third kappa shape index (κ3) is 6.26. The highest BCUT2D eigenvalue weighted by molar-refractivity contribution is 8.01. The second kappa shape index (κ2) is 11.1. The Morgan fingerprint density at radius 3 is 2.57 bits per heavy atom. The number of thioether (sulfide) groups is 1. The Balaban J connectivity index is 1.43. The van der Waals surface area contributed by atoms with E-state index < -0.39 is 9.85 Å². The topological polar surface area (TPSA) is 144 Å². The highest BCUT2D eigenvalue weighted by Crippen LogP contribution is 2.33. The molecule has 3 aromatic carbocycles. The Kier molecular flexibility index (Phi) is 7.74. The molecular formula is C24H20N6O5S2. The minimum absolute atomic E-state index is 0.000526. The molecule has 1 heterocycles. The summed E-state index contributed by atoms with van der Waals surface area (Å²) in [7, 11) is 3.49. The zero-order valence-electron chi connectivity index (χ0n) is 19.7. The molecule has 0 saturated heterocycles. The molecule has 0 aliphatic rings. The number of carbonyl (C=O) groups is 1. The van der Waals surface area contributed by atoms with Crippen molar-refractivity contribution in [2.45, 2.75) is 4.34 Å². The summed E-state index contributed by atoms with van der Waals surface area (Å²) in [5, 5.41) is 25.1. The lowest BCUT2D eigenvalue weighted by molar-refractivity contribution is -0.384. The van der Waals surface area contributed by atoms with E-state index in [1.165, 1.54) is 47.4 Å². The van der Waals surface area contributed by atoms with E-state index in [0.717, 1.165) is 10.2 Å². The van der Waals surface area contributed by atoms with Crippen LogP contribution in [-0.2, 0) is 4.79 Å². The smallest absolute Gasteiger partial charge is 0.293 e. The Labute approximate surface area is 219 Å². The number of thiazole rings is 1. The van der Waals surface area contributed by atoms with E-state index in [1.807, 2.05) is 12.1 Å². The molecule has 37 heavy (non-hydrogen) atoms. The van der Waals surface area contributed by atoms with E-state index in [0.29, 0.717) is 21.3 Å². The molecule has 4 rings (SSSR count). The molecule has 0 atom stereocenters. The molecule has 188 valence electrons. The second-order valence-electron chi connectivity index (χ2n) is 7.90. The van der Waals surface area contributed by atoms with Gasteiger partial charge >= 0.3 is 0 Å². The summed E-state index contributed by atoms with van der Waals surface area (Å²) in [5.74, 6) is -0.336. The fourth-order valence-electron chi connectivity index (χ4n) is 3.38. The first-order valence-corrected chi connectivity index (χ1v) is 12.6. The lowest BCUT2D eigenvalue weighted by Crippen LogP contribution is -2.15. The minimum atomic E-state index is -0.545. The third-order valence-electron chi connectivity index (χ3n) is 5.09. The Hall–Kier alpha value is -4.36. The predicted molar refractivity (Wildman–Crippen MR) is 147 cm³/mol. The van der Waals surface area contributed by atoms with Gasteiger partial charge in [0.1, 0.15) is 11.4 Å². The average molecular weight is 537 g/mol. The van der Waals surface area contributed by atoms with Gasteiger partial charge in [0.15, 0.2) is 4.34 Å². The SMILES string of the molecule is CN(C)c1ccc(C=Nc2ccc3nc(SCC(=O)Nc4ccccc4[N+](=O)[O-])sc3c2)cc1[N+](=O)[O-]. The summed E-state index contributed by atoms with van der Waals surface area (Å²) in [6.07, 6.45) is 1.57. The molecule has 0 aliphatic heterocycles. The van der Waals surface area contributed by atoms with E-state index >= 15 is 0 Å². The first kappa shape index (κ1) is 25.7. The van der Waals surface area contributed by atoms with Gasteiger partial charge in [0.05, 0.1) is 31.5 Å². The highest BCUT2D eigenvalue weighted by Gasteiger charge is 2.17. The molecule has 0 radical (unpaired) electrons. The van der Waals surface area contributed by atoms with Crippen LogP contribution in [0.4, 0.5) is 28.4 Å². The van der Waals surface area contributed by atoms with Crippen molar-refractivity contribution in [1.29, 1.82) is 0 Å². The number of amides is 1. The summed E-state index contributed by atoms with van der Waals surface area (Å²) in [4.78, 5) is 44.5. The van der Waals surface area contributed by atoms with Gasteiger partial charge in [0.25, 0.3) is 11.4 Å². The number of benzene rings is 3. The molecule has 11 nitrogen and oxygen atoms in total. The quantitative estimate of drug-likeness (QED) is 0.125. The molecule has 0 unspecified atom stereocenters. The first-order chi connectivity index (χ1) is 17.7. The average Bonchev–Trinajstić information content (AvgIpc) is 3.28. The molecule has 0 spiro atoms. The zero-order chi connectivity index (χ0) is 26.5. The van der Waals surface area contributed by atoms with Crippen LogP contribution in [-0.4, -0.2) is 46.8 Å². The number of aliphatic imine (C=N–C) groups is 1. The van der Waals surface area contributed by atoms with Crippen LogP contribution in [0.25, 0.3) is 10.2 Å². The number of rotatable bonds is 9. The van der Waals surface area contributed by atoms with Crippen molar-refractivity contribution in [3.05, 3.63) is 86.5 Å². The summed E-state index contributed by atoms with van der Waals surface area (Å²) in [6, 6.07) is 16.3. The van der Waals surface area contributed by atoms with E-state index in [4.69, 9.17) is 0 Å². The number of carbonyl (C=O) groups excluding carboxylic acids is 1. The number of nitrogens with zero attached hydrogens (tertiary/aromatic N) is 5. The number of nitrogens with one attached hydrogen (secondary N) is 1. The normalized spacial score (nSPS) is 11.1. The molecule has 1 aromatic heterocycles. The van der Waals surface area contributed by atoms with Crippen LogP contribution in [0.5, 0.6) is 0 Å². The molecule has 1 N–H and O–H groups in total. The highest BCUT2D eigenvalue weighted by atomic mass is 32.2. The zero-order valence-corrected chi connectivity index (χ0v) is 21.3. The van der Waals surface area contributed by atoms with Crippen molar-refractivity contribution in [2.75, 3.05) is 30.1 Å². The van der Waals surface area contributed by atoms with Gasteiger partial charge in [-0.15, -0.1) is 11.3 Å². The molecule has 0 fully saturated rings. The number of hydrogen-bond acceptors (Lipinski definition) is 10. The van der Waals surface area contributed by atoms with Gasteiger partial charge in [-0.2, -0.15) is 0 Å². The van der Waals surface area contributed by atoms with Gasteiger partial charge in [-0.1, -0.05) is 30.0 Å². The molecule has 4 aromatic rings.